The van der Waals surface area contributed by atoms with Gasteiger partial charge in [-0.15, -0.1) is 0 Å². The number of anilines is 1. The van der Waals surface area contributed by atoms with Crippen LogP contribution in [0.15, 0.2) is 59.1 Å². The number of para-hydroxylation sites is 1. The van der Waals surface area contributed by atoms with E-state index in [0.29, 0.717) is 11.7 Å². The van der Waals surface area contributed by atoms with Gasteiger partial charge in [0.05, 0.1) is 18.3 Å². The number of carbonyl (C=O) groups excluding carboxylic acids is 2. The number of carbonyl (C=O) groups is 2. The second kappa shape index (κ2) is 8.94. The molecule has 0 radical (unpaired) electrons. The average Bonchev–Trinajstić information content (AvgIpc) is 3.16. The highest BCUT2D eigenvalue weighted by Gasteiger charge is 2.12. The minimum absolute atomic E-state index is 0.0147. The van der Waals surface area contributed by atoms with Crippen molar-refractivity contribution < 1.29 is 23.1 Å². The Balaban J connectivity index is 1.44. The van der Waals surface area contributed by atoms with Crippen molar-refractivity contribution in [1.82, 2.24) is 4.98 Å². The molecule has 3 rings (SSSR count). The van der Waals surface area contributed by atoms with Gasteiger partial charge in [0.15, 0.2) is 18.3 Å². The first-order valence-electron chi connectivity index (χ1n) is 8.73. The molecule has 1 aromatic heterocycles. The van der Waals surface area contributed by atoms with E-state index in [4.69, 9.17) is 9.15 Å². The van der Waals surface area contributed by atoms with Crippen molar-refractivity contribution in [3.05, 3.63) is 72.0 Å². The number of nitrogens with zero attached hydrogens (tertiary/aromatic N) is 1. The minimum Gasteiger partial charge on any atom is -0.456 e. The van der Waals surface area contributed by atoms with E-state index >= 15 is 0 Å². The third-order valence-corrected chi connectivity index (χ3v) is 3.94. The van der Waals surface area contributed by atoms with Crippen molar-refractivity contribution in [2.24, 2.45) is 0 Å². The molecule has 1 N–H and O–H groups in total. The lowest BCUT2D eigenvalue weighted by Crippen LogP contribution is -2.21. The summed E-state index contributed by atoms with van der Waals surface area (Å²) in [6, 6.07) is 13.6. The van der Waals surface area contributed by atoms with E-state index in [0.717, 1.165) is 11.1 Å². The normalized spacial score (nSPS) is 10.5. The molecule has 0 bridgehead atoms. The summed E-state index contributed by atoms with van der Waals surface area (Å²) in [5, 5.41) is 2.34. The van der Waals surface area contributed by atoms with Gasteiger partial charge in [0.25, 0.3) is 5.91 Å². The quantitative estimate of drug-likeness (QED) is 0.627. The molecule has 144 valence electrons. The fraction of sp³-hybridized carbons (Fsp3) is 0.190. The van der Waals surface area contributed by atoms with Gasteiger partial charge in [0.1, 0.15) is 5.82 Å². The second-order valence-corrected chi connectivity index (χ2v) is 6.17. The van der Waals surface area contributed by atoms with Crippen LogP contribution in [0.5, 0.6) is 0 Å². The van der Waals surface area contributed by atoms with Crippen LogP contribution in [0.1, 0.15) is 17.9 Å². The summed E-state index contributed by atoms with van der Waals surface area (Å²) in [5.41, 5.74) is 2.08. The average molecular weight is 382 g/mol. The van der Waals surface area contributed by atoms with Gasteiger partial charge >= 0.3 is 5.97 Å². The number of nitrogens with one attached hydrogen (secondary N) is 1. The predicted molar refractivity (Wildman–Crippen MR) is 101 cm³/mol. The molecule has 0 saturated heterocycles. The number of oxazole rings is 1. The van der Waals surface area contributed by atoms with Crippen molar-refractivity contribution in [3.8, 4) is 11.3 Å². The number of aromatic nitrogens is 1. The molecule has 1 heterocycles. The van der Waals surface area contributed by atoms with E-state index in [2.05, 4.69) is 10.3 Å². The number of aryl methyl sites for hydroxylation is 2. The molecule has 3 aromatic rings. The zero-order valence-electron chi connectivity index (χ0n) is 15.3. The van der Waals surface area contributed by atoms with Crippen LogP contribution in [0.25, 0.3) is 11.3 Å². The number of amides is 1. The molecule has 0 atom stereocenters. The summed E-state index contributed by atoms with van der Waals surface area (Å²) in [6.45, 7) is 1.51. The summed E-state index contributed by atoms with van der Waals surface area (Å²) in [4.78, 5) is 27.7. The first-order chi connectivity index (χ1) is 13.5. The first kappa shape index (κ1) is 19.3. The largest absolute Gasteiger partial charge is 0.456 e. The number of hydrogen-bond acceptors (Lipinski definition) is 5. The molecule has 1 amide bonds. The maximum absolute atomic E-state index is 13.5. The van der Waals surface area contributed by atoms with Gasteiger partial charge in [-0.1, -0.05) is 42.0 Å². The zero-order valence-corrected chi connectivity index (χ0v) is 15.3. The van der Waals surface area contributed by atoms with Crippen molar-refractivity contribution in [2.75, 3.05) is 11.9 Å². The maximum atomic E-state index is 13.5. The van der Waals surface area contributed by atoms with Gasteiger partial charge in [-0.2, -0.15) is 0 Å². The summed E-state index contributed by atoms with van der Waals surface area (Å²) in [6.07, 6.45) is 1.87. The summed E-state index contributed by atoms with van der Waals surface area (Å²) >= 11 is 0. The van der Waals surface area contributed by atoms with Crippen molar-refractivity contribution in [1.29, 1.82) is 0 Å². The minimum atomic E-state index is -0.615. The SMILES string of the molecule is Cc1ccc(-c2cnc(CCC(=O)OCC(=O)Nc3ccccc3F)o2)cc1. The highest BCUT2D eigenvalue weighted by molar-refractivity contribution is 5.92. The summed E-state index contributed by atoms with van der Waals surface area (Å²) < 4.78 is 24.0. The Morgan fingerprint density at radius 1 is 1.14 bits per heavy atom. The van der Waals surface area contributed by atoms with Crippen LogP contribution in [0, 0.1) is 12.7 Å². The van der Waals surface area contributed by atoms with Gasteiger partial charge in [-0.05, 0) is 19.1 Å². The van der Waals surface area contributed by atoms with Gasteiger partial charge < -0.3 is 14.5 Å². The first-order valence-corrected chi connectivity index (χ1v) is 8.73. The fourth-order valence-corrected chi connectivity index (χ4v) is 2.45. The lowest BCUT2D eigenvalue weighted by molar-refractivity contribution is -0.147. The van der Waals surface area contributed by atoms with E-state index in [1.54, 1.807) is 12.3 Å². The molecular formula is C21H19FN2O4. The molecule has 0 aliphatic heterocycles. The highest BCUT2D eigenvalue weighted by atomic mass is 19.1. The number of ether oxygens (including phenoxy) is 1. The molecule has 0 spiro atoms. The molecule has 28 heavy (non-hydrogen) atoms. The van der Waals surface area contributed by atoms with Crippen LogP contribution in [0.2, 0.25) is 0 Å². The van der Waals surface area contributed by atoms with E-state index < -0.39 is 24.3 Å². The smallest absolute Gasteiger partial charge is 0.306 e. The lowest BCUT2D eigenvalue weighted by Gasteiger charge is -2.07. The Bertz CT molecular complexity index is 967. The fourth-order valence-electron chi connectivity index (χ4n) is 2.45. The second-order valence-electron chi connectivity index (χ2n) is 6.17. The van der Waals surface area contributed by atoms with Gasteiger partial charge in [-0.3, -0.25) is 9.59 Å². The van der Waals surface area contributed by atoms with Crippen molar-refractivity contribution >= 4 is 17.6 Å². The predicted octanol–water partition coefficient (Wildman–Crippen LogP) is 3.90. The molecule has 0 aliphatic carbocycles. The molecule has 0 fully saturated rings. The van der Waals surface area contributed by atoms with Crippen LogP contribution >= 0.6 is 0 Å². The molecule has 2 aromatic carbocycles. The van der Waals surface area contributed by atoms with Crippen LogP contribution in [0.3, 0.4) is 0 Å². The number of hydrogen-bond donors (Lipinski definition) is 1. The Hall–Kier alpha value is -3.48. The van der Waals surface area contributed by atoms with Crippen LogP contribution in [-0.4, -0.2) is 23.5 Å². The van der Waals surface area contributed by atoms with E-state index in [1.807, 2.05) is 31.2 Å². The standard InChI is InChI=1S/C21H19FN2O4/c1-14-6-8-15(9-7-14)18-12-23-20(28-18)10-11-21(26)27-13-19(25)24-17-5-3-2-4-16(17)22/h2-9,12H,10-11,13H2,1H3,(H,24,25). The van der Waals surface area contributed by atoms with Crippen molar-refractivity contribution in [2.45, 2.75) is 19.8 Å². The van der Waals surface area contributed by atoms with E-state index in [-0.39, 0.29) is 18.5 Å². The molecule has 0 unspecified atom stereocenters. The highest BCUT2D eigenvalue weighted by Crippen LogP contribution is 2.21. The topological polar surface area (TPSA) is 81.4 Å². The van der Waals surface area contributed by atoms with Gasteiger partial charge in [-0.25, -0.2) is 9.37 Å². The lowest BCUT2D eigenvalue weighted by atomic mass is 10.1. The number of benzene rings is 2. The summed E-state index contributed by atoms with van der Waals surface area (Å²) in [7, 11) is 0. The monoisotopic (exact) mass is 382 g/mol. The Morgan fingerprint density at radius 2 is 1.89 bits per heavy atom. The summed E-state index contributed by atoms with van der Waals surface area (Å²) in [5.74, 6) is -0.721. The van der Waals surface area contributed by atoms with E-state index in [1.165, 1.54) is 18.2 Å². The molecule has 6 nitrogen and oxygen atoms in total. The Morgan fingerprint density at radius 3 is 2.64 bits per heavy atom. The molecule has 0 saturated carbocycles. The third kappa shape index (κ3) is 5.26. The van der Waals surface area contributed by atoms with Crippen molar-refractivity contribution in [3.63, 3.8) is 0 Å². The number of halogens is 1. The molecule has 0 aliphatic rings. The van der Waals surface area contributed by atoms with Gasteiger partial charge in [0.2, 0.25) is 0 Å². The van der Waals surface area contributed by atoms with Crippen LogP contribution < -0.4 is 5.32 Å². The van der Waals surface area contributed by atoms with E-state index in [9.17, 15) is 14.0 Å². The zero-order chi connectivity index (χ0) is 19.9. The maximum Gasteiger partial charge on any atom is 0.306 e. The van der Waals surface area contributed by atoms with Crippen LogP contribution in [0.4, 0.5) is 10.1 Å². The Kier molecular flexibility index (Phi) is 6.16. The number of esters is 1. The molecular weight excluding hydrogens is 363 g/mol. The third-order valence-electron chi connectivity index (χ3n) is 3.94. The number of rotatable bonds is 7. The van der Waals surface area contributed by atoms with Gasteiger partial charge in [0, 0.05) is 12.0 Å². The Labute approximate surface area is 161 Å². The van der Waals surface area contributed by atoms with Crippen LogP contribution in [-0.2, 0) is 20.7 Å². The molecule has 7 heteroatoms.